The highest BCUT2D eigenvalue weighted by Gasteiger charge is 2.29. The molecule has 0 aliphatic rings. The Labute approximate surface area is 121 Å². The predicted molar refractivity (Wildman–Crippen MR) is 73.4 cm³/mol. The summed E-state index contributed by atoms with van der Waals surface area (Å²) >= 11 is 0. The fourth-order valence-corrected chi connectivity index (χ4v) is 2.45. The van der Waals surface area contributed by atoms with Gasteiger partial charge in [0.2, 0.25) is 0 Å². The van der Waals surface area contributed by atoms with Gasteiger partial charge in [0, 0.05) is 18.1 Å². The number of hydrogen-bond donors (Lipinski definition) is 1. The molecule has 0 aliphatic heterocycles. The van der Waals surface area contributed by atoms with Crippen molar-refractivity contribution in [2.75, 3.05) is 6.61 Å². The van der Waals surface area contributed by atoms with E-state index in [1.165, 1.54) is 0 Å². The second kappa shape index (κ2) is 6.91. The molecule has 3 nitrogen and oxygen atoms in total. The van der Waals surface area contributed by atoms with Gasteiger partial charge in [0.05, 0.1) is 24.4 Å². The minimum atomic E-state index is -0.801. The Morgan fingerprint density at radius 3 is 2.29 bits per heavy atom. The Morgan fingerprint density at radius 1 is 1.14 bits per heavy atom. The number of aliphatic hydroxyl groups excluding tert-OH is 1. The zero-order chi connectivity index (χ0) is 15.2. The highest BCUT2D eigenvalue weighted by atomic mass is 19.1. The van der Waals surface area contributed by atoms with Crippen LogP contribution in [0.5, 0.6) is 0 Å². The number of halogens is 2. The summed E-state index contributed by atoms with van der Waals surface area (Å²) in [4.78, 5) is 3.45. The van der Waals surface area contributed by atoms with E-state index in [0.717, 1.165) is 12.4 Å². The zero-order valence-corrected chi connectivity index (χ0v) is 11.2. The van der Waals surface area contributed by atoms with Crippen LogP contribution in [0.4, 0.5) is 8.78 Å². The van der Waals surface area contributed by atoms with E-state index in [9.17, 15) is 19.1 Å². The van der Waals surface area contributed by atoms with Gasteiger partial charge in [-0.1, -0.05) is 30.3 Å². The first kappa shape index (κ1) is 15.1. The maximum absolute atomic E-state index is 13.9. The first-order valence-corrected chi connectivity index (χ1v) is 6.53. The van der Waals surface area contributed by atoms with Crippen LogP contribution in [-0.2, 0) is 0 Å². The van der Waals surface area contributed by atoms with Gasteiger partial charge >= 0.3 is 0 Å². The van der Waals surface area contributed by atoms with Crippen LogP contribution in [0.3, 0.4) is 0 Å². The van der Waals surface area contributed by atoms with Crippen molar-refractivity contribution in [2.24, 2.45) is 0 Å². The number of aliphatic hydroxyl groups is 1. The maximum atomic E-state index is 13.9. The Bertz CT molecular complexity index is 620. The second-order valence-corrected chi connectivity index (χ2v) is 4.65. The predicted octanol–water partition coefficient (Wildman–Crippen LogP) is 3.13. The summed E-state index contributed by atoms with van der Waals surface area (Å²) in [6, 6.07) is 10.9. The highest BCUT2D eigenvalue weighted by molar-refractivity contribution is 5.33. The number of hydrogen-bond acceptors (Lipinski definition) is 3. The van der Waals surface area contributed by atoms with Gasteiger partial charge in [-0.3, -0.25) is 4.98 Å². The molecule has 2 aromatic rings. The summed E-state index contributed by atoms with van der Waals surface area (Å²) < 4.78 is 27.9. The Kier molecular flexibility index (Phi) is 4.96. The third-order valence-corrected chi connectivity index (χ3v) is 3.40. The lowest BCUT2D eigenvalue weighted by Gasteiger charge is -2.22. The summed E-state index contributed by atoms with van der Waals surface area (Å²) in [7, 11) is 0. The van der Waals surface area contributed by atoms with Crippen molar-refractivity contribution in [2.45, 2.75) is 18.3 Å². The van der Waals surface area contributed by atoms with Gasteiger partial charge in [-0.25, -0.2) is 8.78 Å². The van der Waals surface area contributed by atoms with Crippen molar-refractivity contribution in [3.8, 4) is 6.07 Å². The standard InChI is InChI=1S/C16H14F2N2O/c17-14-9-20-10-15(18)16(14)12(6-7-21)13(8-19)11-4-2-1-3-5-11/h1-5,9-10,12-13,21H,6-7H2/t12-,13-/m0/s1. The van der Waals surface area contributed by atoms with Crippen molar-refractivity contribution in [3.05, 3.63) is 65.5 Å². The van der Waals surface area contributed by atoms with Crippen LogP contribution < -0.4 is 0 Å². The Balaban J connectivity index is 2.50. The normalized spacial score (nSPS) is 13.4. The molecule has 108 valence electrons. The van der Waals surface area contributed by atoms with Gasteiger partial charge in [0.25, 0.3) is 0 Å². The van der Waals surface area contributed by atoms with E-state index >= 15 is 0 Å². The molecule has 5 heteroatoms. The number of benzene rings is 1. The lowest BCUT2D eigenvalue weighted by atomic mass is 9.80. The summed E-state index contributed by atoms with van der Waals surface area (Å²) in [5.74, 6) is -3.12. The fraction of sp³-hybridized carbons (Fsp3) is 0.250. The molecule has 0 amide bonds. The van der Waals surface area contributed by atoms with Crippen molar-refractivity contribution < 1.29 is 13.9 Å². The molecule has 1 N–H and O–H groups in total. The van der Waals surface area contributed by atoms with Crippen LogP contribution in [0.25, 0.3) is 0 Å². The SMILES string of the molecule is N#C[C@@H](c1ccccc1)[C@H](CCO)c1c(F)cncc1F. The molecular weight excluding hydrogens is 274 g/mol. The van der Waals surface area contributed by atoms with Gasteiger partial charge in [0.15, 0.2) is 0 Å². The third kappa shape index (κ3) is 3.23. The van der Waals surface area contributed by atoms with Gasteiger partial charge < -0.3 is 5.11 Å². The highest BCUT2D eigenvalue weighted by Crippen LogP contribution is 2.37. The zero-order valence-electron chi connectivity index (χ0n) is 11.2. The molecule has 1 aromatic heterocycles. The average Bonchev–Trinajstić information content (AvgIpc) is 2.49. The van der Waals surface area contributed by atoms with E-state index in [-0.39, 0.29) is 18.6 Å². The van der Waals surface area contributed by atoms with Crippen LogP contribution >= 0.6 is 0 Å². The quantitative estimate of drug-likeness (QED) is 0.919. The summed E-state index contributed by atoms with van der Waals surface area (Å²) in [6.07, 6.45) is 1.93. The molecule has 0 unspecified atom stereocenters. The monoisotopic (exact) mass is 288 g/mol. The van der Waals surface area contributed by atoms with Crippen LogP contribution in [0, 0.1) is 23.0 Å². The molecule has 0 fully saturated rings. The summed E-state index contributed by atoms with van der Waals surface area (Å²) in [5, 5.41) is 18.6. The molecule has 0 aliphatic carbocycles. The molecule has 0 spiro atoms. The van der Waals surface area contributed by atoms with E-state index in [2.05, 4.69) is 11.1 Å². The van der Waals surface area contributed by atoms with E-state index in [1.54, 1.807) is 30.3 Å². The minimum absolute atomic E-state index is 0.0883. The molecule has 1 heterocycles. The molecule has 2 rings (SSSR count). The molecule has 2 atom stereocenters. The number of pyridine rings is 1. The molecule has 0 saturated carbocycles. The van der Waals surface area contributed by atoms with Gasteiger partial charge in [-0.2, -0.15) is 5.26 Å². The van der Waals surface area contributed by atoms with Crippen LogP contribution in [0.1, 0.15) is 29.4 Å². The van der Waals surface area contributed by atoms with Crippen molar-refractivity contribution in [3.63, 3.8) is 0 Å². The lowest BCUT2D eigenvalue weighted by Crippen LogP contribution is -2.15. The Hall–Kier alpha value is -2.32. The number of nitrogens with zero attached hydrogens (tertiary/aromatic N) is 2. The van der Waals surface area contributed by atoms with E-state index < -0.39 is 23.5 Å². The average molecular weight is 288 g/mol. The van der Waals surface area contributed by atoms with Gasteiger partial charge in [-0.05, 0) is 12.0 Å². The first-order valence-electron chi connectivity index (χ1n) is 6.53. The smallest absolute Gasteiger partial charge is 0.147 e. The van der Waals surface area contributed by atoms with E-state index in [4.69, 9.17) is 0 Å². The number of aromatic nitrogens is 1. The molecule has 0 bridgehead atoms. The molecule has 1 aromatic carbocycles. The van der Waals surface area contributed by atoms with Crippen molar-refractivity contribution in [1.82, 2.24) is 4.98 Å². The van der Waals surface area contributed by atoms with E-state index in [1.807, 2.05) is 0 Å². The molecule has 21 heavy (non-hydrogen) atoms. The topological polar surface area (TPSA) is 56.9 Å². The van der Waals surface area contributed by atoms with Gasteiger partial charge in [0.1, 0.15) is 11.6 Å². The maximum Gasteiger partial charge on any atom is 0.147 e. The first-order chi connectivity index (χ1) is 10.2. The summed E-state index contributed by atoms with van der Waals surface area (Å²) in [6.45, 7) is -0.267. The van der Waals surface area contributed by atoms with Crippen LogP contribution in [0.2, 0.25) is 0 Å². The summed E-state index contributed by atoms with van der Waals surface area (Å²) in [5.41, 5.74) is 0.462. The van der Waals surface area contributed by atoms with Crippen molar-refractivity contribution >= 4 is 0 Å². The number of rotatable bonds is 5. The molecule has 0 saturated heterocycles. The van der Waals surface area contributed by atoms with Crippen LogP contribution in [0.15, 0.2) is 42.7 Å². The van der Waals surface area contributed by atoms with Crippen LogP contribution in [-0.4, -0.2) is 16.7 Å². The Morgan fingerprint density at radius 2 is 1.76 bits per heavy atom. The van der Waals surface area contributed by atoms with E-state index in [0.29, 0.717) is 5.56 Å². The van der Waals surface area contributed by atoms with Crippen molar-refractivity contribution in [1.29, 1.82) is 5.26 Å². The largest absolute Gasteiger partial charge is 0.396 e. The molecule has 0 radical (unpaired) electrons. The van der Waals surface area contributed by atoms with Gasteiger partial charge in [-0.15, -0.1) is 0 Å². The second-order valence-electron chi connectivity index (χ2n) is 4.65. The number of nitriles is 1. The third-order valence-electron chi connectivity index (χ3n) is 3.40. The molecular formula is C16H14F2N2O. The minimum Gasteiger partial charge on any atom is -0.396 e. The fourth-order valence-electron chi connectivity index (χ4n) is 2.45. The lowest BCUT2D eigenvalue weighted by molar-refractivity contribution is 0.269.